The highest BCUT2D eigenvalue weighted by molar-refractivity contribution is 5.38. The van der Waals surface area contributed by atoms with Gasteiger partial charge in [-0.15, -0.1) is 0 Å². The Labute approximate surface area is 120 Å². The van der Waals surface area contributed by atoms with Gasteiger partial charge in [-0.2, -0.15) is 0 Å². The molecule has 2 heteroatoms. The van der Waals surface area contributed by atoms with E-state index in [1.54, 1.807) is 0 Å². The molecule has 2 nitrogen and oxygen atoms in total. The molecule has 2 atom stereocenters. The highest BCUT2D eigenvalue weighted by atomic mass is 16.5. The molecule has 0 saturated carbocycles. The Balaban J connectivity index is 1.90. The molecule has 104 valence electrons. The number of benzene rings is 2. The van der Waals surface area contributed by atoms with Gasteiger partial charge < -0.3 is 10.5 Å². The third-order valence-electron chi connectivity index (χ3n) is 3.99. The topological polar surface area (TPSA) is 35.2 Å². The molecule has 0 heterocycles. The summed E-state index contributed by atoms with van der Waals surface area (Å²) >= 11 is 0. The van der Waals surface area contributed by atoms with E-state index in [1.165, 1.54) is 17.5 Å². The minimum absolute atomic E-state index is 0.00923. The van der Waals surface area contributed by atoms with Gasteiger partial charge in [0.25, 0.3) is 0 Å². The number of hydrogen-bond donors (Lipinski definition) is 1. The number of para-hydroxylation sites is 1. The van der Waals surface area contributed by atoms with Crippen LogP contribution in [0.15, 0.2) is 48.5 Å². The van der Waals surface area contributed by atoms with Crippen molar-refractivity contribution >= 4 is 0 Å². The van der Waals surface area contributed by atoms with E-state index in [0.29, 0.717) is 0 Å². The third kappa shape index (κ3) is 2.56. The maximum Gasteiger partial charge on any atom is 0.124 e. The van der Waals surface area contributed by atoms with Gasteiger partial charge in [-0.1, -0.05) is 42.5 Å². The molecule has 0 fully saturated rings. The standard InChI is InChI=1S/C18H21NO/c1-13(19)15-9-4-5-11-17(15)20-18-12-6-8-14-7-2-3-10-16(14)18/h2-5,7,9-11,13,18H,6,8,12,19H2,1H3/t13-,18?/m1/s1. The molecule has 0 aliphatic heterocycles. The van der Waals surface area contributed by atoms with Crippen LogP contribution in [0.2, 0.25) is 0 Å². The lowest BCUT2D eigenvalue weighted by Crippen LogP contribution is -2.17. The Bertz CT molecular complexity index is 591. The fourth-order valence-corrected chi connectivity index (χ4v) is 2.95. The van der Waals surface area contributed by atoms with Gasteiger partial charge in [-0.05, 0) is 43.4 Å². The Hall–Kier alpha value is -1.80. The molecule has 1 unspecified atom stereocenters. The van der Waals surface area contributed by atoms with Crippen LogP contribution in [0.25, 0.3) is 0 Å². The molecular weight excluding hydrogens is 246 g/mol. The number of fused-ring (bicyclic) bond motifs is 1. The predicted molar refractivity (Wildman–Crippen MR) is 81.8 cm³/mol. The summed E-state index contributed by atoms with van der Waals surface area (Å²) in [5.74, 6) is 0.921. The maximum atomic E-state index is 6.29. The van der Waals surface area contributed by atoms with Crippen molar-refractivity contribution in [1.82, 2.24) is 0 Å². The molecule has 3 rings (SSSR count). The summed E-state index contributed by atoms with van der Waals surface area (Å²) in [6.07, 6.45) is 3.57. The van der Waals surface area contributed by atoms with Crippen LogP contribution in [0.1, 0.15) is 48.6 Å². The summed E-state index contributed by atoms with van der Waals surface area (Å²) in [5.41, 5.74) is 9.86. The van der Waals surface area contributed by atoms with E-state index in [4.69, 9.17) is 10.5 Å². The van der Waals surface area contributed by atoms with E-state index in [-0.39, 0.29) is 12.1 Å². The second-order valence-corrected chi connectivity index (χ2v) is 5.52. The minimum Gasteiger partial charge on any atom is -0.485 e. The molecule has 20 heavy (non-hydrogen) atoms. The van der Waals surface area contributed by atoms with E-state index in [1.807, 2.05) is 25.1 Å². The van der Waals surface area contributed by atoms with Crippen molar-refractivity contribution < 1.29 is 4.74 Å². The molecule has 2 N–H and O–H groups in total. The molecule has 0 spiro atoms. The Morgan fingerprint density at radius 2 is 1.85 bits per heavy atom. The van der Waals surface area contributed by atoms with Gasteiger partial charge in [0.15, 0.2) is 0 Å². The summed E-state index contributed by atoms with van der Waals surface area (Å²) in [4.78, 5) is 0. The number of nitrogens with two attached hydrogens (primary N) is 1. The van der Waals surface area contributed by atoms with Gasteiger partial charge in [0.05, 0.1) is 0 Å². The monoisotopic (exact) mass is 267 g/mol. The fourth-order valence-electron chi connectivity index (χ4n) is 2.95. The zero-order valence-corrected chi connectivity index (χ0v) is 11.9. The van der Waals surface area contributed by atoms with Gasteiger partial charge in [0.2, 0.25) is 0 Å². The smallest absolute Gasteiger partial charge is 0.124 e. The average molecular weight is 267 g/mol. The minimum atomic E-state index is -0.00923. The molecule has 0 amide bonds. The summed E-state index contributed by atoms with van der Waals surface area (Å²) in [7, 11) is 0. The van der Waals surface area contributed by atoms with Gasteiger partial charge in [0, 0.05) is 11.6 Å². The van der Waals surface area contributed by atoms with Crippen molar-refractivity contribution in [1.29, 1.82) is 0 Å². The molecule has 0 bridgehead atoms. The largest absolute Gasteiger partial charge is 0.485 e. The van der Waals surface area contributed by atoms with Crippen LogP contribution in [0, 0.1) is 0 Å². The van der Waals surface area contributed by atoms with Crippen LogP contribution >= 0.6 is 0 Å². The normalized spacial score (nSPS) is 19.2. The predicted octanol–water partition coefficient (Wildman–Crippen LogP) is 4.16. The van der Waals surface area contributed by atoms with E-state index >= 15 is 0 Å². The van der Waals surface area contributed by atoms with Gasteiger partial charge >= 0.3 is 0 Å². The quantitative estimate of drug-likeness (QED) is 0.906. The summed E-state index contributed by atoms with van der Waals surface area (Å²) in [5, 5.41) is 0. The van der Waals surface area contributed by atoms with E-state index in [9.17, 15) is 0 Å². The van der Waals surface area contributed by atoms with Gasteiger partial charge in [0.1, 0.15) is 11.9 Å². The second kappa shape index (κ2) is 5.68. The zero-order valence-electron chi connectivity index (χ0n) is 11.9. The van der Waals surface area contributed by atoms with Gasteiger partial charge in [-0.3, -0.25) is 0 Å². The van der Waals surface area contributed by atoms with E-state index in [2.05, 4.69) is 30.3 Å². The number of rotatable bonds is 3. The summed E-state index contributed by atoms with van der Waals surface area (Å²) in [6, 6.07) is 16.7. The van der Waals surface area contributed by atoms with Crippen molar-refractivity contribution in [2.45, 2.75) is 38.3 Å². The van der Waals surface area contributed by atoms with Crippen LogP contribution < -0.4 is 10.5 Å². The van der Waals surface area contributed by atoms with Crippen molar-refractivity contribution in [3.63, 3.8) is 0 Å². The van der Waals surface area contributed by atoms with Crippen LogP contribution in [-0.4, -0.2) is 0 Å². The molecule has 2 aromatic rings. The lowest BCUT2D eigenvalue weighted by molar-refractivity contribution is 0.181. The summed E-state index contributed by atoms with van der Waals surface area (Å²) in [6.45, 7) is 2.00. The highest BCUT2D eigenvalue weighted by Gasteiger charge is 2.22. The van der Waals surface area contributed by atoms with Crippen molar-refractivity contribution in [2.24, 2.45) is 5.73 Å². The van der Waals surface area contributed by atoms with Crippen LogP contribution in [0.4, 0.5) is 0 Å². The van der Waals surface area contributed by atoms with Crippen molar-refractivity contribution in [3.8, 4) is 5.75 Å². The third-order valence-corrected chi connectivity index (χ3v) is 3.99. The number of aryl methyl sites for hydroxylation is 1. The van der Waals surface area contributed by atoms with E-state index < -0.39 is 0 Å². The first-order valence-electron chi connectivity index (χ1n) is 7.34. The Morgan fingerprint density at radius 3 is 2.70 bits per heavy atom. The lowest BCUT2D eigenvalue weighted by atomic mass is 9.89. The first kappa shape index (κ1) is 13.2. The van der Waals surface area contributed by atoms with Crippen LogP contribution in [0.5, 0.6) is 5.75 Å². The SMILES string of the molecule is C[C@@H](N)c1ccccc1OC1CCCc2ccccc21. The fraction of sp³-hybridized carbons (Fsp3) is 0.333. The van der Waals surface area contributed by atoms with Crippen LogP contribution in [-0.2, 0) is 6.42 Å². The second-order valence-electron chi connectivity index (χ2n) is 5.52. The first-order valence-corrected chi connectivity index (χ1v) is 7.34. The van der Waals surface area contributed by atoms with Crippen molar-refractivity contribution in [2.75, 3.05) is 0 Å². The number of ether oxygens (including phenoxy) is 1. The maximum absolute atomic E-state index is 6.29. The highest BCUT2D eigenvalue weighted by Crippen LogP contribution is 2.35. The molecule has 1 aliphatic carbocycles. The number of hydrogen-bond acceptors (Lipinski definition) is 2. The lowest BCUT2D eigenvalue weighted by Gasteiger charge is -2.27. The average Bonchev–Trinajstić information content (AvgIpc) is 2.48. The zero-order chi connectivity index (χ0) is 13.9. The molecule has 0 aromatic heterocycles. The van der Waals surface area contributed by atoms with Crippen LogP contribution in [0.3, 0.4) is 0 Å². The molecule has 0 radical (unpaired) electrons. The Kier molecular flexibility index (Phi) is 3.75. The molecule has 1 aliphatic rings. The molecule has 2 aromatic carbocycles. The molecule has 0 saturated heterocycles. The van der Waals surface area contributed by atoms with Crippen molar-refractivity contribution in [3.05, 3.63) is 65.2 Å². The molecular formula is C18H21NO. The van der Waals surface area contributed by atoms with E-state index in [0.717, 1.165) is 24.2 Å². The summed E-state index contributed by atoms with van der Waals surface area (Å²) < 4.78 is 6.29. The Morgan fingerprint density at radius 1 is 1.10 bits per heavy atom. The van der Waals surface area contributed by atoms with Gasteiger partial charge in [-0.25, -0.2) is 0 Å². The first-order chi connectivity index (χ1) is 9.75.